The summed E-state index contributed by atoms with van der Waals surface area (Å²) < 4.78 is 30.5. The maximum Gasteiger partial charge on any atom is 0.329 e. The van der Waals surface area contributed by atoms with Crippen molar-refractivity contribution in [3.05, 3.63) is 24.3 Å². The molecule has 7 nitrogen and oxygen atoms in total. The summed E-state index contributed by atoms with van der Waals surface area (Å²) in [5.41, 5.74) is -2.65. The lowest BCUT2D eigenvalue weighted by atomic mass is 10.3. The third-order valence-electron chi connectivity index (χ3n) is 3.65. The van der Waals surface area contributed by atoms with Gasteiger partial charge in [-0.15, -0.1) is 0 Å². The van der Waals surface area contributed by atoms with E-state index in [0.29, 0.717) is 45.3 Å². The third kappa shape index (κ3) is 6.08. The Morgan fingerprint density at radius 3 is 2.12 bits per heavy atom. The summed E-state index contributed by atoms with van der Waals surface area (Å²) in [5, 5.41) is 1.86. The fourth-order valence-electron chi connectivity index (χ4n) is 2.35. The summed E-state index contributed by atoms with van der Waals surface area (Å²) >= 11 is 7.33. The van der Waals surface area contributed by atoms with Gasteiger partial charge in [-0.3, -0.25) is 0 Å². The van der Waals surface area contributed by atoms with Crippen LogP contribution in [0, 0.1) is 0 Å². The van der Waals surface area contributed by atoms with E-state index in [1.165, 1.54) is 11.6 Å². The SMILES string of the molecule is COc1ccc(OP(=S)(ON2CCOCC2)SN2CCOCC2)cc1. The molecule has 0 amide bonds. The van der Waals surface area contributed by atoms with Gasteiger partial charge in [-0.2, -0.15) is 5.06 Å². The van der Waals surface area contributed by atoms with Crippen molar-refractivity contribution in [2.75, 3.05) is 59.7 Å². The second-order valence-corrected chi connectivity index (χ2v) is 11.4. The normalized spacial score (nSPS) is 22.3. The number of benzene rings is 1. The first-order valence-corrected chi connectivity index (χ1v) is 12.2. The highest BCUT2D eigenvalue weighted by Crippen LogP contribution is 2.62. The van der Waals surface area contributed by atoms with E-state index in [0.717, 1.165) is 18.8 Å². The van der Waals surface area contributed by atoms with Gasteiger partial charge in [0.25, 0.3) is 0 Å². The van der Waals surface area contributed by atoms with Crippen molar-refractivity contribution in [2.45, 2.75) is 0 Å². The molecule has 0 radical (unpaired) electrons. The van der Waals surface area contributed by atoms with Crippen LogP contribution in [-0.2, 0) is 25.9 Å². The molecule has 0 bridgehead atoms. The molecule has 2 aliphatic rings. The fourth-order valence-corrected chi connectivity index (χ4v) is 7.33. The fraction of sp³-hybridized carbons (Fsp3) is 0.600. The Morgan fingerprint density at radius 2 is 1.52 bits per heavy atom. The molecule has 0 N–H and O–H groups in total. The van der Waals surface area contributed by atoms with E-state index >= 15 is 0 Å². The summed E-state index contributed by atoms with van der Waals surface area (Å²) in [5.74, 6) is 1.45. The number of nitrogens with zero attached hydrogens (tertiary/aromatic N) is 2. The molecule has 1 aromatic carbocycles. The van der Waals surface area contributed by atoms with E-state index in [9.17, 15) is 0 Å². The van der Waals surface area contributed by atoms with Crippen molar-refractivity contribution in [3.63, 3.8) is 0 Å². The van der Waals surface area contributed by atoms with Crippen molar-refractivity contribution in [1.82, 2.24) is 9.37 Å². The van der Waals surface area contributed by atoms with Gasteiger partial charge in [-0.05, 0) is 36.1 Å². The quantitative estimate of drug-likeness (QED) is 0.502. The van der Waals surface area contributed by atoms with Crippen LogP contribution in [-0.4, -0.2) is 69.1 Å². The lowest BCUT2D eigenvalue weighted by Gasteiger charge is -2.34. The van der Waals surface area contributed by atoms with Crippen LogP contribution in [0.15, 0.2) is 24.3 Å². The molecule has 3 rings (SSSR count). The van der Waals surface area contributed by atoms with Crippen LogP contribution in [0.5, 0.6) is 11.5 Å². The maximum absolute atomic E-state index is 6.15. The highest BCUT2D eigenvalue weighted by atomic mass is 32.9. The summed E-state index contributed by atoms with van der Waals surface area (Å²) in [4.78, 5) is 0. The van der Waals surface area contributed by atoms with Crippen LogP contribution in [0.25, 0.3) is 0 Å². The van der Waals surface area contributed by atoms with Crippen LogP contribution in [0.1, 0.15) is 0 Å². The number of rotatable bonds is 7. The first-order chi connectivity index (χ1) is 12.2. The van der Waals surface area contributed by atoms with E-state index in [-0.39, 0.29) is 0 Å². The van der Waals surface area contributed by atoms with Gasteiger partial charge in [-0.1, -0.05) is 0 Å². The lowest BCUT2D eigenvalue weighted by Crippen LogP contribution is -2.36. The van der Waals surface area contributed by atoms with Crippen molar-refractivity contribution < 1.29 is 23.4 Å². The molecule has 25 heavy (non-hydrogen) atoms. The molecule has 140 valence electrons. The Hall–Kier alpha value is -0.380. The number of morpholine rings is 2. The molecule has 0 saturated carbocycles. The van der Waals surface area contributed by atoms with Gasteiger partial charge < -0.3 is 18.7 Å². The second-order valence-electron chi connectivity index (χ2n) is 5.46. The molecule has 2 fully saturated rings. The number of methoxy groups -OCH3 is 1. The van der Waals surface area contributed by atoms with E-state index in [1.54, 1.807) is 7.11 Å². The molecular formula is C15H23N2O5PS2. The van der Waals surface area contributed by atoms with Crippen LogP contribution in [0.3, 0.4) is 0 Å². The zero-order valence-electron chi connectivity index (χ0n) is 14.2. The molecule has 1 atom stereocenters. The summed E-state index contributed by atoms with van der Waals surface area (Å²) in [6.07, 6.45) is 0. The molecule has 10 heteroatoms. The molecule has 2 aliphatic heterocycles. The topological polar surface area (TPSA) is 52.6 Å². The summed E-state index contributed by atoms with van der Waals surface area (Å²) in [7, 11) is 1.63. The van der Waals surface area contributed by atoms with E-state index < -0.39 is 5.69 Å². The zero-order chi connectivity index (χ0) is 17.5. The van der Waals surface area contributed by atoms with Crippen molar-refractivity contribution in [1.29, 1.82) is 0 Å². The number of ether oxygens (including phenoxy) is 3. The number of hydrogen-bond acceptors (Lipinski definition) is 9. The Morgan fingerprint density at radius 1 is 0.960 bits per heavy atom. The predicted octanol–water partition coefficient (Wildman–Crippen LogP) is 2.54. The second kappa shape index (κ2) is 9.53. The largest absolute Gasteiger partial charge is 0.497 e. The van der Waals surface area contributed by atoms with Crippen LogP contribution < -0.4 is 9.26 Å². The van der Waals surface area contributed by atoms with Crippen molar-refractivity contribution >= 4 is 29.1 Å². The van der Waals surface area contributed by atoms with E-state index in [1.807, 2.05) is 29.3 Å². The molecule has 2 heterocycles. The first-order valence-electron chi connectivity index (χ1n) is 8.15. The summed E-state index contributed by atoms with van der Waals surface area (Å²) in [6.45, 7) is 5.66. The zero-order valence-corrected chi connectivity index (χ0v) is 16.7. The average Bonchev–Trinajstić information content (AvgIpc) is 2.64. The minimum absolute atomic E-state index is 0.639. The molecular weight excluding hydrogens is 383 g/mol. The van der Waals surface area contributed by atoms with Gasteiger partial charge in [0.2, 0.25) is 0 Å². The maximum atomic E-state index is 6.15. The van der Waals surface area contributed by atoms with Crippen molar-refractivity contribution in [2.24, 2.45) is 0 Å². The Labute approximate surface area is 157 Å². The van der Waals surface area contributed by atoms with Gasteiger partial charge in [0.15, 0.2) is 0 Å². The van der Waals surface area contributed by atoms with Gasteiger partial charge >= 0.3 is 5.69 Å². The van der Waals surface area contributed by atoms with Crippen LogP contribution in [0.2, 0.25) is 0 Å². The monoisotopic (exact) mass is 406 g/mol. The average molecular weight is 406 g/mol. The Bertz CT molecular complexity index is 556. The minimum atomic E-state index is -2.65. The standard InChI is InChI=1S/C15H23N2O5PS2/c1-18-14-2-4-15(5-3-14)21-23(24,22-16-6-10-19-11-7-16)25-17-8-12-20-13-9-17/h2-5H,6-13H2,1H3. The molecule has 1 aromatic rings. The smallest absolute Gasteiger partial charge is 0.329 e. The molecule has 0 aromatic heterocycles. The van der Waals surface area contributed by atoms with Crippen LogP contribution >= 0.6 is 17.3 Å². The van der Waals surface area contributed by atoms with Crippen molar-refractivity contribution in [3.8, 4) is 11.5 Å². The van der Waals surface area contributed by atoms with Crippen LogP contribution in [0.4, 0.5) is 0 Å². The molecule has 0 spiro atoms. The first kappa shape index (κ1) is 19.4. The highest BCUT2D eigenvalue weighted by Gasteiger charge is 2.31. The van der Waals surface area contributed by atoms with E-state index in [2.05, 4.69) is 4.31 Å². The Balaban J connectivity index is 1.70. The predicted molar refractivity (Wildman–Crippen MR) is 101 cm³/mol. The molecule has 1 unspecified atom stereocenters. The molecule has 2 saturated heterocycles. The third-order valence-corrected chi connectivity index (χ3v) is 8.05. The number of hydrogen-bond donors (Lipinski definition) is 0. The highest BCUT2D eigenvalue weighted by molar-refractivity contribution is 8.67. The van der Waals surface area contributed by atoms with E-state index in [4.69, 9.17) is 35.2 Å². The van der Waals surface area contributed by atoms with Gasteiger partial charge in [-0.25, -0.2) is 8.93 Å². The number of hydroxylamine groups is 2. The molecule has 0 aliphatic carbocycles. The van der Waals surface area contributed by atoms with Gasteiger partial charge in [0, 0.05) is 37.7 Å². The Kier molecular flexibility index (Phi) is 7.39. The van der Waals surface area contributed by atoms with Gasteiger partial charge in [0.1, 0.15) is 11.5 Å². The minimum Gasteiger partial charge on any atom is -0.497 e. The van der Waals surface area contributed by atoms with Gasteiger partial charge in [0.05, 0.1) is 33.5 Å². The lowest BCUT2D eigenvalue weighted by molar-refractivity contribution is -0.114. The summed E-state index contributed by atoms with van der Waals surface area (Å²) in [6, 6.07) is 7.40.